The van der Waals surface area contributed by atoms with E-state index in [1.165, 1.54) is 33.4 Å². The summed E-state index contributed by atoms with van der Waals surface area (Å²) in [6, 6.07) is 0. The Morgan fingerprint density at radius 3 is 1.20 bits per heavy atom. The van der Waals surface area contributed by atoms with E-state index in [4.69, 9.17) is 0 Å². The van der Waals surface area contributed by atoms with Crippen molar-refractivity contribution in [3.8, 4) is 0 Å². The molecule has 0 nitrogen and oxygen atoms in total. The second-order valence-electron chi connectivity index (χ2n) is 5.22. The SMILES string of the molecule is Cc1c(C)c(C)c(C(C)(C)P)c(C)c1C. The maximum absolute atomic E-state index is 2.96. The van der Waals surface area contributed by atoms with Crippen LogP contribution in [0.2, 0.25) is 0 Å². The molecule has 1 rings (SSSR count). The van der Waals surface area contributed by atoms with Gasteiger partial charge in [0.25, 0.3) is 0 Å². The maximum Gasteiger partial charge on any atom is 0.00467 e. The van der Waals surface area contributed by atoms with Crippen LogP contribution < -0.4 is 0 Å². The molecule has 84 valence electrons. The fourth-order valence-corrected chi connectivity index (χ4v) is 2.90. The van der Waals surface area contributed by atoms with Crippen molar-refractivity contribution < 1.29 is 0 Å². The van der Waals surface area contributed by atoms with E-state index in [2.05, 4.69) is 57.7 Å². The third kappa shape index (κ3) is 2.11. The Balaban J connectivity index is 3.68. The van der Waals surface area contributed by atoms with Gasteiger partial charge in [0, 0.05) is 5.16 Å². The zero-order valence-corrected chi connectivity index (χ0v) is 12.2. The molecule has 0 aromatic heterocycles. The summed E-state index contributed by atoms with van der Waals surface area (Å²) in [6.07, 6.45) is 0. The van der Waals surface area contributed by atoms with Gasteiger partial charge in [-0.05, 0) is 68.0 Å². The number of hydrogen-bond acceptors (Lipinski definition) is 0. The van der Waals surface area contributed by atoms with Crippen LogP contribution in [0.3, 0.4) is 0 Å². The summed E-state index contributed by atoms with van der Waals surface area (Å²) in [4.78, 5) is 0. The lowest BCUT2D eigenvalue weighted by atomic mass is 9.84. The first-order valence-electron chi connectivity index (χ1n) is 5.54. The van der Waals surface area contributed by atoms with E-state index in [9.17, 15) is 0 Å². The number of hydrogen-bond donors (Lipinski definition) is 0. The summed E-state index contributed by atoms with van der Waals surface area (Å²) in [5, 5.41) is 0.164. The Hall–Kier alpha value is -0.350. The molecule has 0 bridgehead atoms. The van der Waals surface area contributed by atoms with Crippen LogP contribution in [0.4, 0.5) is 0 Å². The molecule has 0 fully saturated rings. The Morgan fingerprint density at radius 1 is 0.667 bits per heavy atom. The topological polar surface area (TPSA) is 0 Å². The van der Waals surface area contributed by atoms with Crippen LogP contribution in [-0.2, 0) is 5.16 Å². The highest BCUT2D eigenvalue weighted by Crippen LogP contribution is 2.38. The summed E-state index contributed by atoms with van der Waals surface area (Å²) in [7, 11) is 2.96. The van der Waals surface area contributed by atoms with Crippen molar-refractivity contribution in [1.82, 2.24) is 0 Å². The molecule has 0 saturated heterocycles. The first-order valence-corrected chi connectivity index (χ1v) is 6.12. The van der Waals surface area contributed by atoms with Crippen molar-refractivity contribution in [3.63, 3.8) is 0 Å². The minimum atomic E-state index is 0.164. The van der Waals surface area contributed by atoms with Gasteiger partial charge in [-0.15, -0.1) is 9.24 Å². The average Bonchev–Trinajstić information content (AvgIpc) is 2.09. The lowest BCUT2D eigenvalue weighted by Crippen LogP contribution is -2.14. The first kappa shape index (κ1) is 12.7. The van der Waals surface area contributed by atoms with Gasteiger partial charge in [0.05, 0.1) is 0 Å². The minimum Gasteiger partial charge on any atom is -0.127 e. The van der Waals surface area contributed by atoms with Gasteiger partial charge in [-0.25, -0.2) is 0 Å². The van der Waals surface area contributed by atoms with E-state index in [0.717, 1.165) is 0 Å². The van der Waals surface area contributed by atoms with Gasteiger partial charge in [0.1, 0.15) is 0 Å². The molecule has 0 N–H and O–H groups in total. The molecule has 0 saturated carbocycles. The monoisotopic (exact) mass is 222 g/mol. The molecular weight excluding hydrogens is 199 g/mol. The molecule has 0 aliphatic heterocycles. The first-order chi connectivity index (χ1) is 6.68. The molecule has 1 aromatic carbocycles. The molecule has 1 unspecified atom stereocenters. The van der Waals surface area contributed by atoms with Gasteiger partial charge in [-0.1, -0.05) is 13.8 Å². The number of benzene rings is 1. The summed E-state index contributed by atoms with van der Waals surface area (Å²) < 4.78 is 0. The maximum atomic E-state index is 2.96. The minimum absolute atomic E-state index is 0.164. The molecule has 0 aliphatic carbocycles. The second-order valence-corrected chi connectivity index (χ2v) is 6.67. The van der Waals surface area contributed by atoms with Crippen LogP contribution >= 0.6 is 9.24 Å². The molecule has 0 heterocycles. The van der Waals surface area contributed by atoms with Gasteiger partial charge in [-0.3, -0.25) is 0 Å². The number of rotatable bonds is 1. The van der Waals surface area contributed by atoms with E-state index in [0.29, 0.717) is 0 Å². The van der Waals surface area contributed by atoms with Gasteiger partial charge >= 0.3 is 0 Å². The van der Waals surface area contributed by atoms with Gasteiger partial charge < -0.3 is 0 Å². The van der Waals surface area contributed by atoms with Crippen molar-refractivity contribution in [2.45, 2.75) is 53.6 Å². The highest BCUT2D eigenvalue weighted by molar-refractivity contribution is 7.18. The van der Waals surface area contributed by atoms with Crippen molar-refractivity contribution >= 4 is 9.24 Å². The fraction of sp³-hybridized carbons (Fsp3) is 0.571. The predicted molar refractivity (Wildman–Crippen MR) is 72.9 cm³/mol. The normalized spacial score (nSPS) is 12.0. The molecule has 0 radical (unpaired) electrons. The molecule has 0 amide bonds. The van der Waals surface area contributed by atoms with Crippen molar-refractivity contribution in [1.29, 1.82) is 0 Å². The molecule has 0 spiro atoms. The van der Waals surface area contributed by atoms with Crippen LogP contribution in [0.15, 0.2) is 0 Å². The van der Waals surface area contributed by atoms with Crippen LogP contribution in [0.25, 0.3) is 0 Å². The molecule has 1 atom stereocenters. The van der Waals surface area contributed by atoms with Crippen LogP contribution in [-0.4, -0.2) is 0 Å². The summed E-state index contributed by atoms with van der Waals surface area (Å²) in [5.41, 5.74) is 8.74. The van der Waals surface area contributed by atoms with Gasteiger partial charge in [0.15, 0.2) is 0 Å². The lowest BCUT2D eigenvalue weighted by molar-refractivity contribution is 0.762. The van der Waals surface area contributed by atoms with Gasteiger partial charge in [0.2, 0.25) is 0 Å². The molecule has 1 heteroatoms. The van der Waals surface area contributed by atoms with E-state index >= 15 is 0 Å². The Labute approximate surface area is 96.7 Å². The largest absolute Gasteiger partial charge is 0.127 e. The summed E-state index contributed by atoms with van der Waals surface area (Å²) in [6.45, 7) is 15.7. The molecular formula is C14H23P. The molecule has 15 heavy (non-hydrogen) atoms. The van der Waals surface area contributed by atoms with Crippen LogP contribution in [0.5, 0.6) is 0 Å². The van der Waals surface area contributed by atoms with Crippen LogP contribution in [0, 0.1) is 34.6 Å². The zero-order valence-electron chi connectivity index (χ0n) is 11.1. The standard InChI is InChI=1S/C14H23P/c1-8-9(2)11(4)13(14(6,7)15)12(5)10(8)3/h15H2,1-7H3. The third-order valence-corrected chi connectivity index (χ3v) is 3.93. The molecule has 0 aliphatic rings. The highest BCUT2D eigenvalue weighted by Gasteiger charge is 2.22. The Morgan fingerprint density at radius 2 is 0.933 bits per heavy atom. The molecule has 1 aromatic rings. The lowest BCUT2D eigenvalue weighted by Gasteiger charge is -2.28. The van der Waals surface area contributed by atoms with Crippen molar-refractivity contribution in [3.05, 3.63) is 33.4 Å². The second kappa shape index (κ2) is 3.91. The Bertz CT molecular complexity index is 366. The zero-order chi connectivity index (χ0) is 12.0. The van der Waals surface area contributed by atoms with Crippen molar-refractivity contribution in [2.24, 2.45) is 0 Å². The van der Waals surface area contributed by atoms with Crippen LogP contribution in [0.1, 0.15) is 47.2 Å². The highest BCUT2D eigenvalue weighted by atomic mass is 31.0. The van der Waals surface area contributed by atoms with Gasteiger partial charge in [-0.2, -0.15) is 0 Å². The summed E-state index contributed by atoms with van der Waals surface area (Å²) >= 11 is 0. The average molecular weight is 222 g/mol. The summed E-state index contributed by atoms with van der Waals surface area (Å²) in [5.74, 6) is 0. The predicted octanol–water partition coefficient (Wildman–Crippen LogP) is 4.34. The smallest absolute Gasteiger partial charge is 0.00467 e. The van der Waals surface area contributed by atoms with E-state index in [1.807, 2.05) is 0 Å². The fourth-order valence-electron chi connectivity index (χ4n) is 2.47. The van der Waals surface area contributed by atoms with E-state index < -0.39 is 0 Å². The van der Waals surface area contributed by atoms with E-state index in [1.54, 1.807) is 0 Å². The third-order valence-electron chi connectivity index (χ3n) is 3.64. The quantitative estimate of drug-likeness (QED) is 0.620. The van der Waals surface area contributed by atoms with E-state index in [-0.39, 0.29) is 5.16 Å². The Kier molecular flexibility index (Phi) is 3.31. The van der Waals surface area contributed by atoms with Crippen molar-refractivity contribution in [2.75, 3.05) is 0 Å².